The van der Waals surface area contributed by atoms with Crippen LogP contribution in [0.3, 0.4) is 0 Å². The maximum absolute atomic E-state index is 5.08. The molecule has 0 radical (unpaired) electrons. The molecule has 0 bridgehead atoms. The maximum Gasteiger partial charge on any atom is 0.0587 e. The minimum absolute atomic E-state index is 0.754. The Morgan fingerprint density at radius 2 is 2.19 bits per heavy atom. The van der Waals surface area contributed by atoms with E-state index in [1.807, 2.05) is 11.3 Å². The van der Waals surface area contributed by atoms with Crippen molar-refractivity contribution in [3.05, 3.63) is 51.7 Å². The Hall–Kier alpha value is -1.36. The molecule has 0 aliphatic carbocycles. The largest absolute Gasteiger partial charge is 0.383 e. The van der Waals surface area contributed by atoms with Gasteiger partial charge >= 0.3 is 0 Å². The molecule has 1 aromatic carbocycles. The zero-order valence-electron chi connectivity index (χ0n) is 12.5. The van der Waals surface area contributed by atoms with E-state index in [4.69, 9.17) is 4.74 Å². The summed E-state index contributed by atoms with van der Waals surface area (Å²) >= 11 is 1.89. The molecule has 1 aliphatic heterocycles. The Balaban J connectivity index is 1.70. The van der Waals surface area contributed by atoms with E-state index in [-0.39, 0.29) is 0 Å². The first kappa shape index (κ1) is 14.6. The molecular formula is C17H22N2OS. The molecule has 2 heterocycles. The SMILES string of the molecule is COCCNCc1ccccc1N1CCc2sccc2C1. The summed E-state index contributed by atoms with van der Waals surface area (Å²) in [6.07, 6.45) is 1.17. The van der Waals surface area contributed by atoms with E-state index in [9.17, 15) is 0 Å². The van der Waals surface area contributed by atoms with E-state index >= 15 is 0 Å². The van der Waals surface area contributed by atoms with E-state index < -0.39 is 0 Å². The molecular weight excluding hydrogens is 280 g/mol. The van der Waals surface area contributed by atoms with E-state index in [1.54, 1.807) is 12.0 Å². The molecule has 1 aliphatic rings. The van der Waals surface area contributed by atoms with Crippen molar-refractivity contribution in [2.75, 3.05) is 31.7 Å². The van der Waals surface area contributed by atoms with Crippen LogP contribution in [0.2, 0.25) is 0 Å². The van der Waals surface area contributed by atoms with Gasteiger partial charge in [0.2, 0.25) is 0 Å². The highest BCUT2D eigenvalue weighted by Gasteiger charge is 2.19. The van der Waals surface area contributed by atoms with Gasteiger partial charge in [0.05, 0.1) is 6.61 Å². The average molecular weight is 302 g/mol. The van der Waals surface area contributed by atoms with Gasteiger partial charge in [-0.1, -0.05) is 18.2 Å². The molecule has 3 nitrogen and oxygen atoms in total. The van der Waals surface area contributed by atoms with Crippen LogP contribution in [-0.4, -0.2) is 26.8 Å². The number of hydrogen-bond donors (Lipinski definition) is 1. The second kappa shape index (κ2) is 7.07. The number of para-hydroxylation sites is 1. The lowest BCUT2D eigenvalue weighted by Crippen LogP contribution is -2.31. The summed E-state index contributed by atoms with van der Waals surface area (Å²) in [4.78, 5) is 4.06. The van der Waals surface area contributed by atoms with E-state index in [1.165, 1.54) is 23.2 Å². The fourth-order valence-corrected chi connectivity index (χ4v) is 3.71. The highest BCUT2D eigenvalue weighted by molar-refractivity contribution is 7.10. The fourth-order valence-electron chi connectivity index (χ4n) is 2.82. The van der Waals surface area contributed by atoms with Crippen molar-refractivity contribution >= 4 is 17.0 Å². The Kier molecular flexibility index (Phi) is 4.91. The number of fused-ring (bicyclic) bond motifs is 1. The van der Waals surface area contributed by atoms with Gasteiger partial charge in [-0.05, 0) is 35.1 Å². The highest BCUT2D eigenvalue weighted by Crippen LogP contribution is 2.29. The van der Waals surface area contributed by atoms with Crippen molar-refractivity contribution < 1.29 is 4.74 Å². The molecule has 112 valence electrons. The van der Waals surface area contributed by atoms with Crippen LogP contribution in [0.4, 0.5) is 5.69 Å². The van der Waals surface area contributed by atoms with Crippen LogP contribution in [-0.2, 0) is 24.2 Å². The molecule has 0 amide bonds. The van der Waals surface area contributed by atoms with Crippen LogP contribution < -0.4 is 10.2 Å². The monoisotopic (exact) mass is 302 g/mol. The summed E-state index contributed by atoms with van der Waals surface area (Å²) in [6, 6.07) is 11.0. The van der Waals surface area contributed by atoms with Crippen LogP contribution >= 0.6 is 11.3 Å². The Labute approximate surface area is 130 Å². The smallest absolute Gasteiger partial charge is 0.0587 e. The maximum atomic E-state index is 5.08. The summed E-state index contributed by atoms with van der Waals surface area (Å²) < 4.78 is 5.08. The highest BCUT2D eigenvalue weighted by atomic mass is 32.1. The minimum atomic E-state index is 0.754. The number of benzene rings is 1. The standard InChI is InChI=1S/C17H22N2OS/c1-20-10-8-18-12-14-4-2-3-5-16(14)19-9-6-17-15(13-19)7-11-21-17/h2-5,7,11,18H,6,8-10,12-13H2,1H3. The topological polar surface area (TPSA) is 24.5 Å². The third-order valence-corrected chi connectivity index (χ3v) is 4.96. The molecule has 0 spiro atoms. The predicted molar refractivity (Wildman–Crippen MR) is 89.1 cm³/mol. The van der Waals surface area contributed by atoms with Crippen molar-refractivity contribution in [2.24, 2.45) is 0 Å². The molecule has 1 N–H and O–H groups in total. The summed E-state index contributed by atoms with van der Waals surface area (Å²) in [6.45, 7) is 4.69. The summed E-state index contributed by atoms with van der Waals surface area (Å²) in [5.74, 6) is 0. The van der Waals surface area contributed by atoms with Gasteiger partial charge in [0.15, 0.2) is 0 Å². The third kappa shape index (κ3) is 3.46. The lowest BCUT2D eigenvalue weighted by Gasteiger charge is -2.31. The molecule has 4 heteroatoms. The summed E-state index contributed by atoms with van der Waals surface area (Å²) in [5.41, 5.74) is 4.22. The number of hydrogen-bond acceptors (Lipinski definition) is 4. The molecule has 1 aromatic heterocycles. The molecule has 2 aromatic rings. The normalized spacial score (nSPS) is 14.2. The number of methoxy groups -OCH3 is 1. The molecule has 3 rings (SSSR count). The van der Waals surface area contributed by atoms with Crippen LogP contribution in [0.1, 0.15) is 16.0 Å². The van der Waals surface area contributed by atoms with E-state index in [2.05, 4.69) is 45.9 Å². The Bertz CT molecular complexity index is 582. The van der Waals surface area contributed by atoms with Crippen molar-refractivity contribution in [3.8, 4) is 0 Å². The average Bonchev–Trinajstić information content (AvgIpc) is 2.99. The Morgan fingerprint density at radius 3 is 3.10 bits per heavy atom. The third-order valence-electron chi connectivity index (χ3n) is 3.94. The van der Waals surface area contributed by atoms with Gasteiger partial charge in [0, 0.05) is 43.9 Å². The molecule has 21 heavy (non-hydrogen) atoms. The van der Waals surface area contributed by atoms with Gasteiger partial charge in [0.25, 0.3) is 0 Å². The zero-order valence-corrected chi connectivity index (χ0v) is 13.3. The van der Waals surface area contributed by atoms with E-state index in [0.29, 0.717) is 0 Å². The first-order chi connectivity index (χ1) is 10.4. The number of thiophene rings is 1. The van der Waals surface area contributed by atoms with Gasteiger partial charge in [-0.3, -0.25) is 0 Å². The fraction of sp³-hybridized carbons (Fsp3) is 0.412. The lowest BCUT2D eigenvalue weighted by molar-refractivity contribution is 0.199. The molecule has 0 saturated heterocycles. The molecule has 0 unspecified atom stereocenters. The van der Waals surface area contributed by atoms with Gasteiger partial charge in [-0.2, -0.15) is 0 Å². The van der Waals surface area contributed by atoms with Gasteiger partial charge < -0.3 is 15.0 Å². The van der Waals surface area contributed by atoms with Crippen LogP contribution in [0, 0.1) is 0 Å². The number of nitrogens with zero attached hydrogens (tertiary/aromatic N) is 1. The molecule has 0 atom stereocenters. The minimum Gasteiger partial charge on any atom is -0.383 e. The quantitative estimate of drug-likeness (QED) is 0.830. The van der Waals surface area contributed by atoms with Crippen LogP contribution in [0.25, 0.3) is 0 Å². The van der Waals surface area contributed by atoms with Gasteiger partial charge in [-0.25, -0.2) is 0 Å². The second-order valence-corrected chi connectivity index (χ2v) is 6.34. The zero-order chi connectivity index (χ0) is 14.5. The van der Waals surface area contributed by atoms with E-state index in [0.717, 1.165) is 32.8 Å². The van der Waals surface area contributed by atoms with Crippen LogP contribution in [0.15, 0.2) is 35.7 Å². The van der Waals surface area contributed by atoms with Gasteiger partial charge in [-0.15, -0.1) is 11.3 Å². The summed E-state index contributed by atoms with van der Waals surface area (Å²) in [7, 11) is 1.74. The second-order valence-electron chi connectivity index (χ2n) is 5.34. The number of rotatable bonds is 6. The number of anilines is 1. The lowest BCUT2D eigenvalue weighted by atomic mass is 10.1. The summed E-state index contributed by atoms with van der Waals surface area (Å²) in [5, 5.41) is 5.66. The Morgan fingerprint density at radius 1 is 1.29 bits per heavy atom. The first-order valence-electron chi connectivity index (χ1n) is 7.46. The van der Waals surface area contributed by atoms with Crippen LogP contribution in [0.5, 0.6) is 0 Å². The van der Waals surface area contributed by atoms with Crippen molar-refractivity contribution in [2.45, 2.75) is 19.5 Å². The van der Waals surface area contributed by atoms with Crippen molar-refractivity contribution in [3.63, 3.8) is 0 Å². The number of ether oxygens (including phenoxy) is 1. The van der Waals surface area contributed by atoms with Crippen molar-refractivity contribution in [1.29, 1.82) is 0 Å². The van der Waals surface area contributed by atoms with Crippen molar-refractivity contribution in [1.82, 2.24) is 5.32 Å². The number of nitrogens with one attached hydrogen (secondary N) is 1. The van der Waals surface area contributed by atoms with Gasteiger partial charge in [0.1, 0.15) is 0 Å². The molecule has 0 saturated carbocycles. The predicted octanol–water partition coefficient (Wildman–Crippen LogP) is 3.05. The molecule has 0 fully saturated rings. The first-order valence-corrected chi connectivity index (χ1v) is 8.34.